The molecule has 0 aliphatic rings. The molecular formula is C14H12F3NO2. The van der Waals surface area contributed by atoms with Crippen LogP contribution < -0.4 is 5.32 Å². The van der Waals surface area contributed by atoms with Crippen LogP contribution in [0.1, 0.15) is 16.1 Å². The average Bonchev–Trinajstić information content (AvgIpc) is 2.92. The number of hydrogen-bond acceptors (Lipinski definition) is 2. The highest BCUT2D eigenvalue weighted by Gasteiger charge is 2.40. The molecule has 1 aromatic carbocycles. The maximum absolute atomic E-state index is 13.0. The summed E-state index contributed by atoms with van der Waals surface area (Å²) in [6, 6.07) is 8.97. The van der Waals surface area contributed by atoms with E-state index in [0.717, 1.165) is 0 Å². The largest absolute Gasteiger partial charge is 0.459 e. The van der Waals surface area contributed by atoms with Crippen molar-refractivity contribution in [2.75, 3.05) is 0 Å². The summed E-state index contributed by atoms with van der Waals surface area (Å²) < 4.78 is 43.7. The van der Waals surface area contributed by atoms with E-state index in [1.807, 2.05) is 5.32 Å². The first-order valence-electron chi connectivity index (χ1n) is 5.92. The highest BCUT2D eigenvalue weighted by Crippen LogP contribution is 2.23. The fourth-order valence-corrected chi connectivity index (χ4v) is 1.74. The third-order valence-electron chi connectivity index (χ3n) is 2.73. The predicted molar refractivity (Wildman–Crippen MR) is 66.2 cm³/mol. The maximum atomic E-state index is 13.0. The first-order chi connectivity index (χ1) is 9.47. The van der Waals surface area contributed by atoms with Gasteiger partial charge in [-0.1, -0.05) is 30.3 Å². The molecular weight excluding hydrogens is 271 g/mol. The highest BCUT2D eigenvalue weighted by atomic mass is 19.4. The zero-order valence-electron chi connectivity index (χ0n) is 10.4. The topological polar surface area (TPSA) is 42.2 Å². The number of benzene rings is 1. The molecule has 20 heavy (non-hydrogen) atoms. The molecule has 1 unspecified atom stereocenters. The lowest BCUT2D eigenvalue weighted by Crippen LogP contribution is -2.46. The van der Waals surface area contributed by atoms with Gasteiger partial charge in [0.1, 0.15) is 6.04 Å². The Balaban J connectivity index is 2.11. The molecule has 0 saturated carbocycles. The Bertz CT molecular complexity index is 550. The van der Waals surface area contributed by atoms with Gasteiger partial charge in [-0.3, -0.25) is 4.79 Å². The van der Waals surface area contributed by atoms with Crippen molar-refractivity contribution in [1.82, 2.24) is 5.32 Å². The van der Waals surface area contributed by atoms with E-state index in [4.69, 9.17) is 4.42 Å². The Morgan fingerprint density at radius 3 is 2.40 bits per heavy atom. The molecule has 2 aromatic rings. The van der Waals surface area contributed by atoms with Crippen LogP contribution >= 0.6 is 0 Å². The Hall–Kier alpha value is -2.24. The smallest absolute Gasteiger partial charge is 0.408 e. The second-order valence-corrected chi connectivity index (χ2v) is 4.23. The van der Waals surface area contributed by atoms with E-state index >= 15 is 0 Å². The predicted octanol–water partition coefficient (Wildman–Crippen LogP) is 3.18. The molecule has 1 aromatic heterocycles. The number of carbonyl (C=O) groups excluding carboxylic acids is 1. The fraction of sp³-hybridized carbons (Fsp3) is 0.214. The molecule has 0 bridgehead atoms. The summed E-state index contributed by atoms with van der Waals surface area (Å²) >= 11 is 0. The molecule has 106 valence electrons. The summed E-state index contributed by atoms with van der Waals surface area (Å²) in [7, 11) is 0. The van der Waals surface area contributed by atoms with E-state index in [9.17, 15) is 18.0 Å². The van der Waals surface area contributed by atoms with Gasteiger partial charge >= 0.3 is 6.18 Å². The van der Waals surface area contributed by atoms with Crippen LogP contribution in [0.15, 0.2) is 53.1 Å². The Morgan fingerprint density at radius 1 is 1.15 bits per heavy atom. The molecule has 3 nitrogen and oxygen atoms in total. The third kappa shape index (κ3) is 3.63. The van der Waals surface area contributed by atoms with Gasteiger partial charge in [0.15, 0.2) is 5.76 Å². The summed E-state index contributed by atoms with van der Waals surface area (Å²) in [5, 5.41) is 1.95. The van der Waals surface area contributed by atoms with Crippen LogP contribution in [0.5, 0.6) is 0 Å². The van der Waals surface area contributed by atoms with Gasteiger partial charge in [0.05, 0.1) is 6.26 Å². The first kappa shape index (κ1) is 14.2. The van der Waals surface area contributed by atoms with Gasteiger partial charge in [-0.15, -0.1) is 0 Å². The lowest BCUT2D eigenvalue weighted by Gasteiger charge is -2.21. The number of halogens is 3. The van der Waals surface area contributed by atoms with E-state index in [1.165, 1.54) is 18.4 Å². The SMILES string of the molecule is O=C(NC(Cc1ccccc1)C(F)(F)F)c1ccco1. The van der Waals surface area contributed by atoms with E-state index in [-0.39, 0.29) is 12.2 Å². The Kier molecular flexibility index (Phi) is 4.12. The summed E-state index contributed by atoms with van der Waals surface area (Å²) in [4.78, 5) is 11.6. The van der Waals surface area contributed by atoms with Crippen LogP contribution in [0.25, 0.3) is 0 Å². The molecule has 0 spiro atoms. The van der Waals surface area contributed by atoms with Crippen molar-refractivity contribution in [3.63, 3.8) is 0 Å². The maximum Gasteiger partial charge on any atom is 0.408 e. The molecule has 1 atom stereocenters. The minimum Gasteiger partial charge on any atom is -0.459 e. The summed E-state index contributed by atoms with van der Waals surface area (Å²) in [5.74, 6) is -1.03. The molecule has 2 rings (SSSR count). The van der Waals surface area contributed by atoms with Crippen molar-refractivity contribution in [3.8, 4) is 0 Å². The molecule has 0 aliphatic heterocycles. The van der Waals surface area contributed by atoms with Crippen molar-refractivity contribution >= 4 is 5.91 Å². The second-order valence-electron chi connectivity index (χ2n) is 4.23. The number of carbonyl (C=O) groups is 1. The molecule has 6 heteroatoms. The molecule has 0 aliphatic carbocycles. The van der Waals surface area contributed by atoms with Crippen LogP contribution in [-0.2, 0) is 6.42 Å². The second kappa shape index (κ2) is 5.81. The standard InChI is InChI=1S/C14H12F3NO2/c15-14(16,17)12(9-10-5-2-1-3-6-10)18-13(19)11-7-4-8-20-11/h1-8,12H,9H2,(H,18,19). The van der Waals surface area contributed by atoms with Crippen molar-refractivity contribution in [2.45, 2.75) is 18.6 Å². The molecule has 1 heterocycles. The molecule has 1 N–H and O–H groups in total. The van der Waals surface area contributed by atoms with Crippen LogP contribution in [0, 0.1) is 0 Å². The lowest BCUT2D eigenvalue weighted by atomic mass is 10.1. The van der Waals surface area contributed by atoms with Crippen LogP contribution in [0.3, 0.4) is 0 Å². The minimum atomic E-state index is -4.53. The van der Waals surface area contributed by atoms with E-state index in [1.54, 1.807) is 30.3 Å². The van der Waals surface area contributed by atoms with Gasteiger partial charge in [0.25, 0.3) is 5.91 Å². The highest BCUT2D eigenvalue weighted by molar-refractivity contribution is 5.91. The van der Waals surface area contributed by atoms with E-state index < -0.39 is 18.1 Å². The van der Waals surface area contributed by atoms with Gasteiger partial charge in [-0.25, -0.2) is 0 Å². The quantitative estimate of drug-likeness (QED) is 0.936. The van der Waals surface area contributed by atoms with Crippen molar-refractivity contribution in [3.05, 3.63) is 60.1 Å². The van der Waals surface area contributed by atoms with Crippen LogP contribution in [-0.4, -0.2) is 18.1 Å². The normalized spacial score (nSPS) is 12.9. The number of nitrogens with one attached hydrogen (secondary N) is 1. The summed E-state index contributed by atoms with van der Waals surface area (Å²) in [6.07, 6.45) is -3.62. The van der Waals surface area contributed by atoms with E-state index in [0.29, 0.717) is 5.56 Å². The summed E-state index contributed by atoms with van der Waals surface area (Å²) in [5.41, 5.74) is 0.495. The third-order valence-corrected chi connectivity index (χ3v) is 2.73. The number of rotatable bonds is 4. The van der Waals surface area contributed by atoms with Crippen molar-refractivity contribution < 1.29 is 22.4 Å². The molecule has 1 amide bonds. The molecule has 0 fully saturated rings. The zero-order valence-corrected chi connectivity index (χ0v) is 10.4. The zero-order chi connectivity index (χ0) is 14.6. The summed E-state index contributed by atoms with van der Waals surface area (Å²) in [6.45, 7) is 0. The minimum absolute atomic E-state index is 0.146. The Morgan fingerprint density at radius 2 is 1.85 bits per heavy atom. The average molecular weight is 283 g/mol. The van der Waals surface area contributed by atoms with Gasteiger partial charge in [-0.2, -0.15) is 13.2 Å². The van der Waals surface area contributed by atoms with Crippen LogP contribution in [0.4, 0.5) is 13.2 Å². The monoisotopic (exact) mass is 283 g/mol. The lowest BCUT2D eigenvalue weighted by molar-refractivity contribution is -0.153. The van der Waals surface area contributed by atoms with Crippen molar-refractivity contribution in [1.29, 1.82) is 0 Å². The number of furan rings is 1. The van der Waals surface area contributed by atoms with Gasteiger partial charge in [-0.05, 0) is 17.7 Å². The Labute approximate surface area is 113 Å². The number of alkyl halides is 3. The van der Waals surface area contributed by atoms with Crippen molar-refractivity contribution in [2.24, 2.45) is 0 Å². The van der Waals surface area contributed by atoms with E-state index in [2.05, 4.69) is 0 Å². The fourth-order valence-electron chi connectivity index (χ4n) is 1.74. The number of amides is 1. The van der Waals surface area contributed by atoms with Gasteiger partial charge < -0.3 is 9.73 Å². The molecule has 0 saturated heterocycles. The molecule has 0 radical (unpaired) electrons. The van der Waals surface area contributed by atoms with Gasteiger partial charge in [0.2, 0.25) is 0 Å². The first-order valence-corrected chi connectivity index (χ1v) is 5.92. The van der Waals surface area contributed by atoms with Crippen LogP contribution in [0.2, 0.25) is 0 Å². The van der Waals surface area contributed by atoms with Gasteiger partial charge in [0, 0.05) is 6.42 Å². The number of hydrogen-bond donors (Lipinski definition) is 1.